The number of nitrogens with zero attached hydrogens (tertiary/aromatic N) is 1. The minimum atomic E-state index is -0.931. The first-order valence-electron chi connectivity index (χ1n) is 6.14. The molecule has 0 aliphatic heterocycles. The monoisotopic (exact) mass is 375 g/mol. The number of anilines is 1. The Morgan fingerprint density at radius 3 is 2.52 bits per heavy atom. The highest BCUT2D eigenvalue weighted by atomic mass is 79.9. The van der Waals surface area contributed by atoms with Crippen LogP contribution in [-0.4, -0.2) is 29.2 Å². The zero-order chi connectivity index (χ0) is 16.2. The number of halogens is 1. The number of nitrogen functional groups attached to an aromatic ring is 1. The van der Waals surface area contributed by atoms with Crippen molar-refractivity contribution >= 4 is 48.6 Å². The van der Waals surface area contributed by atoms with E-state index in [9.17, 15) is 4.79 Å². The standard InChI is InChI=1S/C8H7BrN2OS.C5H11NO2/c1-12-6-3-7-5(2-4(6)9)11-8(10)13-7;1-3(2)4(6)5(7)8/h2-3H,1H3,(H2,10,11);3-4H,6H2,1-2H3,(H,7,8)/t;4-/m.0/s1. The summed E-state index contributed by atoms with van der Waals surface area (Å²) in [6.07, 6.45) is 0. The maximum atomic E-state index is 10.0. The average Bonchev–Trinajstić information content (AvgIpc) is 2.76. The molecule has 2 aromatic rings. The summed E-state index contributed by atoms with van der Waals surface area (Å²) in [5, 5.41) is 8.81. The first-order chi connectivity index (χ1) is 9.76. The van der Waals surface area contributed by atoms with Gasteiger partial charge in [0.1, 0.15) is 11.8 Å². The van der Waals surface area contributed by atoms with Crippen LogP contribution in [0.1, 0.15) is 13.8 Å². The molecule has 0 amide bonds. The fraction of sp³-hybridized carbons (Fsp3) is 0.385. The summed E-state index contributed by atoms with van der Waals surface area (Å²) < 4.78 is 7.09. The van der Waals surface area contributed by atoms with Gasteiger partial charge < -0.3 is 21.3 Å². The molecule has 0 aliphatic rings. The molecule has 1 atom stereocenters. The minimum Gasteiger partial charge on any atom is -0.496 e. The Bertz CT molecular complexity index is 630. The Morgan fingerprint density at radius 2 is 2.10 bits per heavy atom. The van der Waals surface area contributed by atoms with E-state index in [1.54, 1.807) is 21.0 Å². The zero-order valence-electron chi connectivity index (χ0n) is 12.0. The third-order valence-corrected chi connectivity index (χ3v) is 4.15. The Balaban J connectivity index is 0.000000240. The molecule has 0 unspecified atom stereocenters. The van der Waals surface area contributed by atoms with Crippen LogP contribution < -0.4 is 16.2 Å². The van der Waals surface area contributed by atoms with Gasteiger partial charge in [0, 0.05) is 6.07 Å². The highest BCUT2D eigenvalue weighted by molar-refractivity contribution is 9.10. The molecular formula is C13H18BrN3O3S. The van der Waals surface area contributed by atoms with Crippen molar-refractivity contribution in [2.45, 2.75) is 19.9 Å². The van der Waals surface area contributed by atoms with Gasteiger partial charge in [-0.2, -0.15) is 0 Å². The van der Waals surface area contributed by atoms with Crippen LogP contribution in [0, 0.1) is 5.92 Å². The number of thiazole rings is 1. The number of fused-ring (bicyclic) bond motifs is 1. The lowest BCUT2D eigenvalue weighted by Crippen LogP contribution is -2.34. The normalized spacial score (nSPS) is 11.9. The smallest absolute Gasteiger partial charge is 0.320 e. The van der Waals surface area contributed by atoms with E-state index < -0.39 is 12.0 Å². The van der Waals surface area contributed by atoms with Gasteiger partial charge in [-0.25, -0.2) is 4.98 Å². The third-order valence-electron chi connectivity index (χ3n) is 2.68. The average molecular weight is 376 g/mol. The van der Waals surface area contributed by atoms with Crippen molar-refractivity contribution in [2.75, 3.05) is 12.8 Å². The molecule has 8 heteroatoms. The first-order valence-corrected chi connectivity index (χ1v) is 7.75. The summed E-state index contributed by atoms with van der Waals surface area (Å²) in [5.41, 5.74) is 11.6. The Kier molecular flexibility index (Phi) is 6.38. The molecule has 1 heterocycles. The lowest BCUT2D eigenvalue weighted by Gasteiger charge is -2.07. The number of carboxylic acid groups (broad SMARTS) is 1. The lowest BCUT2D eigenvalue weighted by atomic mass is 10.1. The lowest BCUT2D eigenvalue weighted by molar-refractivity contribution is -0.139. The van der Waals surface area contributed by atoms with E-state index in [0.717, 1.165) is 20.4 Å². The molecule has 0 radical (unpaired) electrons. The Labute approximate surface area is 135 Å². The van der Waals surface area contributed by atoms with E-state index in [2.05, 4.69) is 20.9 Å². The van der Waals surface area contributed by atoms with Gasteiger partial charge in [-0.05, 0) is 27.9 Å². The van der Waals surface area contributed by atoms with E-state index >= 15 is 0 Å². The molecule has 0 aliphatic carbocycles. The number of methoxy groups -OCH3 is 1. The van der Waals surface area contributed by atoms with Crippen LogP contribution in [0.2, 0.25) is 0 Å². The second-order valence-electron chi connectivity index (χ2n) is 4.61. The molecule has 0 bridgehead atoms. The molecular weight excluding hydrogens is 358 g/mol. The first kappa shape index (κ1) is 17.7. The summed E-state index contributed by atoms with van der Waals surface area (Å²) in [5.74, 6) is -0.108. The maximum absolute atomic E-state index is 10.0. The molecule has 5 N–H and O–H groups in total. The van der Waals surface area contributed by atoms with Gasteiger partial charge in [-0.15, -0.1) is 0 Å². The number of carbonyl (C=O) groups is 1. The van der Waals surface area contributed by atoms with Gasteiger partial charge in [0.25, 0.3) is 0 Å². The molecule has 1 aromatic heterocycles. The van der Waals surface area contributed by atoms with Crippen LogP contribution in [0.3, 0.4) is 0 Å². The van der Waals surface area contributed by atoms with Crippen molar-refractivity contribution in [3.63, 3.8) is 0 Å². The second kappa shape index (κ2) is 7.58. The second-order valence-corrected chi connectivity index (χ2v) is 6.53. The van der Waals surface area contributed by atoms with Crippen LogP contribution >= 0.6 is 27.3 Å². The van der Waals surface area contributed by atoms with Gasteiger partial charge in [-0.1, -0.05) is 25.2 Å². The van der Waals surface area contributed by atoms with Gasteiger partial charge in [0.2, 0.25) is 0 Å². The van der Waals surface area contributed by atoms with Gasteiger partial charge in [-0.3, -0.25) is 4.79 Å². The highest BCUT2D eigenvalue weighted by Gasteiger charge is 2.14. The van der Waals surface area contributed by atoms with Crippen LogP contribution in [0.25, 0.3) is 10.2 Å². The molecule has 0 saturated carbocycles. The predicted octanol–water partition coefficient (Wildman–Crippen LogP) is 2.70. The fourth-order valence-electron chi connectivity index (χ4n) is 1.39. The van der Waals surface area contributed by atoms with Crippen LogP contribution in [-0.2, 0) is 4.79 Å². The summed E-state index contributed by atoms with van der Waals surface area (Å²) in [6, 6.07) is 3.11. The van der Waals surface area contributed by atoms with E-state index in [1.807, 2.05) is 12.1 Å². The SMILES string of the molecule is CC(C)[C@H](N)C(=O)O.COc1cc2sc(N)nc2cc1Br. The van der Waals surface area contributed by atoms with Gasteiger partial charge in [0.15, 0.2) is 5.13 Å². The van der Waals surface area contributed by atoms with Crippen molar-refractivity contribution in [3.8, 4) is 5.75 Å². The number of rotatable bonds is 3. The van der Waals surface area contributed by atoms with E-state index in [-0.39, 0.29) is 5.92 Å². The van der Waals surface area contributed by atoms with Crippen LogP contribution in [0.4, 0.5) is 5.13 Å². The molecule has 116 valence electrons. The number of carboxylic acids is 1. The topological polar surface area (TPSA) is 111 Å². The summed E-state index contributed by atoms with van der Waals surface area (Å²) >= 11 is 4.84. The number of hydrogen-bond acceptors (Lipinski definition) is 6. The molecule has 0 saturated heterocycles. The number of benzene rings is 1. The van der Waals surface area contributed by atoms with E-state index in [0.29, 0.717) is 5.13 Å². The number of aliphatic carboxylic acids is 1. The van der Waals surface area contributed by atoms with Gasteiger partial charge >= 0.3 is 5.97 Å². The highest BCUT2D eigenvalue weighted by Crippen LogP contribution is 2.33. The van der Waals surface area contributed by atoms with E-state index in [1.165, 1.54) is 11.3 Å². The van der Waals surface area contributed by atoms with Crippen molar-refractivity contribution in [2.24, 2.45) is 11.7 Å². The molecule has 0 fully saturated rings. The zero-order valence-corrected chi connectivity index (χ0v) is 14.4. The van der Waals surface area contributed by atoms with E-state index in [4.69, 9.17) is 21.3 Å². The van der Waals surface area contributed by atoms with Crippen molar-refractivity contribution in [1.82, 2.24) is 4.98 Å². The van der Waals surface area contributed by atoms with Crippen LogP contribution in [0.5, 0.6) is 5.75 Å². The summed E-state index contributed by atoms with van der Waals surface area (Å²) in [6.45, 7) is 3.55. The summed E-state index contributed by atoms with van der Waals surface area (Å²) in [4.78, 5) is 14.2. The molecule has 0 spiro atoms. The number of hydrogen-bond donors (Lipinski definition) is 3. The van der Waals surface area contributed by atoms with Crippen LogP contribution in [0.15, 0.2) is 16.6 Å². The Hall–Kier alpha value is -1.38. The fourth-order valence-corrected chi connectivity index (χ4v) is 2.63. The largest absolute Gasteiger partial charge is 0.496 e. The van der Waals surface area contributed by atoms with Crippen molar-refractivity contribution in [1.29, 1.82) is 0 Å². The molecule has 2 rings (SSSR count). The molecule has 21 heavy (non-hydrogen) atoms. The van der Waals surface area contributed by atoms with Crippen molar-refractivity contribution < 1.29 is 14.6 Å². The molecule has 1 aromatic carbocycles. The Morgan fingerprint density at radius 1 is 1.48 bits per heavy atom. The number of nitrogens with two attached hydrogens (primary N) is 2. The quantitative estimate of drug-likeness (QED) is 0.760. The number of ether oxygens (including phenoxy) is 1. The number of aromatic nitrogens is 1. The van der Waals surface area contributed by atoms with Gasteiger partial charge in [0.05, 0.1) is 21.8 Å². The predicted molar refractivity (Wildman–Crippen MR) is 88.7 cm³/mol. The molecule has 6 nitrogen and oxygen atoms in total. The maximum Gasteiger partial charge on any atom is 0.320 e. The summed E-state index contributed by atoms with van der Waals surface area (Å²) in [7, 11) is 1.64. The van der Waals surface area contributed by atoms with Crippen molar-refractivity contribution in [3.05, 3.63) is 16.6 Å². The minimum absolute atomic E-state index is 0.0208. The third kappa shape index (κ3) is 4.83.